The fraction of sp³-hybridized carbons (Fsp3) is 0.143. The Morgan fingerprint density at radius 3 is 2.47 bits per heavy atom. The molecule has 0 atom stereocenters. The van der Waals surface area contributed by atoms with E-state index in [9.17, 15) is 0 Å². The Labute approximate surface area is 108 Å². The van der Waals surface area contributed by atoms with E-state index in [0.717, 1.165) is 28.8 Å². The van der Waals surface area contributed by atoms with Crippen molar-refractivity contribution in [1.82, 2.24) is 0 Å². The van der Waals surface area contributed by atoms with Crippen LogP contribution in [-0.2, 0) is 6.42 Å². The number of nitrogen functional groups attached to an aromatic ring is 1. The third-order valence-electron chi connectivity index (χ3n) is 2.88. The van der Waals surface area contributed by atoms with E-state index in [2.05, 4.69) is 6.92 Å². The number of benzene rings is 2. The fourth-order valence-electron chi connectivity index (χ4n) is 2.01. The van der Waals surface area contributed by atoms with Gasteiger partial charge >= 0.3 is 0 Å². The highest BCUT2D eigenvalue weighted by molar-refractivity contribution is 6.46. The first kappa shape index (κ1) is 12.1. The highest BCUT2D eigenvalue weighted by Gasteiger charge is 2.10. The molecule has 0 amide bonds. The molecule has 2 rings (SSSR count). The maximum absolute atomic E-state index is 6.24. The van der Waals surface area contributed by atoms with Gasteiger partial charge in [-0.2, -0.15) is 0 Å². The molecule has 84 valence electrons. The predicted octanol–water partition coefficient (Wildman–Crippen LogP) is 2.95. The van der Waals surface area contributed by atoms with Crippen LogP contribution in [0.3, 0.4) is 0 Å². The minimum Gasteiger partial charge on any atom is -0.398 e. The average molecular weight is 242 g/mol. The standard InChI is InChI=1S/C14H13BClN/c1-2-9-10(5-4-8-13(9)17)11-6-3-7-12(15)14(11)16/h3-8H,2,17H2,1H3. The monoisotopic (exact) mass is 241 g/mol. The van der Waals surface area contributed by atoms with Crippen LogP contribution in [0.4, 0.5) is 5.69 Å². The van der Waals surface area contributed by atoms with Crippen LogP contribution in [0.2, 0.25) is 5.02 Å². The zero-order valence-electron chi connectivity index (χ0n) is 9.70. The molecule has 0 aliphatic rings. The van der Waals surface area contributed by atoms with Crippen LogP contribution < -0.4 is 11.2 Å². The molecule has 0 aliphatic carbocycles. The zero-order chi connectivity index (χ0) is 12.4. The number of rotatable bonds is 2. The summed E-state index contributed by atoms with van der Waals surface area (Å²) in [4.78, 5) is 0. The Morgan fingerprint density at radius 2 is 1.76 bits per heavy atom. The lowest BCUT2D eigenvalue weighted by molar-refractivity contribution is 1.15. The van der Waals surface area contributed by atoms with E-state index >= 15 is 0 Å². The van der Waals surface area contributed by atoms with Crippen LogP contribution >= 0.6 is 11.6 Å². The first-order valence-electron chi connectivity index (χ1n) is 5.57. The first-order chi connectivity index (χ1) is 8.15. The summed E-state index contributed by atoms with van der Waals surface area (Å²) in [6.07, 6.45) is 0.868. The molecule has 0 saturated heterocycles. The SMILES string of the molecule is [B]c1cccc(-c2cccc(N)c2CC)c1Cl. The summed E-state index contributed by atoms with van der Waals surface area (Å²) in [5.74, 6) is 0. The van der Waals surface area contributed by atoms with Gasteiger partial charge in [0.15, 0.2) is 0 Å². The molecule has 2 aromatic carbocycles. The van der Waals surface area contributed by atoms with E-state index in [-0.39, 0.29) is 0 Å². The van der Waals surface area contributed by atoms with Crippen LogP contribution in [0.25, 0.3) is 11.1 Å². The minimum absolute atomic E-state index is 0.591. The van der Waals surface area contributed by atoms with Gasteiger partial charge in [0.2, 0.25) is 0 Å². The number of hydrogen-bond acceptors (Lipinski definition) is 1. The fourth-order valence-corrected chi connectivity index (χ4v) is 2.24. The topological polar surface area (TPSA) is 26.0 Å². The summed E-state index contributed by atoms with van der Waals surface area (Å²) in [7, 11) is 5.82. The molecule has 2 radical (unpaired) electrons. The largest absolute Gasteiger partial charge is 0.398 e. The second kappa shape index (κ2) is 4.85. The Balaban J connectivity index is 2.68. The van der Waals surface area contributed by atoms with Gasteiger partial charge in [-0.05, 0) is 23.6 Å². The number of nitrogens with two attached hydrogens (primary N) is 1. The molecule has 2 aromatic rings. The lowest BCUT2D eigenvalue weighted by atomic mass is 9.90. The molecule has 0 aromatic heterocycles. The van der Waals surface area contributed by atoms with Crippen LogP contribution in [-0.4, -0.2) is 7.85 Å². The minimum atomic E-state index is 0.591. The van der Waals surface area contributed by atoms with E-state index in [1.54, 1.807) is 6.07 Å². The van der Waals surface area contributed by atoms with Crippen molar-refractivity contribution in [2.24, 2.45) is 0 Å². The highest BCUT2D eigenvalue weighted by Crippen LogP contribution is 2.32. The van der Waals surface area contributed by atoms with Crippen molar-refractivity contribution in [3.05, 3.63) is 47.0 Å². The summed E-state index contributed by atoms with van der Waals surface area (Å²) in [6.45, 7) is 2.08. The van der Waals surface area contributed by atoms with Gasteiger partial charge < -0.3 is 5.73 Å². The lowest BCUT2D eigenvalue weighted by Gasteiger charge is -2.13. The van der Waals surface area contributed by atoms with E-state index in [1.165, 1.54) is 0 Å². The summed E-state index contributed by atoms with van der Waals surface area (Å²) in [5.41, 5.74) is 10.5. The quantitative estimate of drug-likeness (QED) is 0.635. The summed E-state index contributed by atoms with van der Waals surface area (Å²) in [6, 6.07) is 11.5. The molecule has 0 unspecified atom stereocenters. The zero-order valence-corrected chi connectivity index (χ0v) is 10.5. The van der Waals surface area contributed by atoms with E-state index in [0.29, 0.717) is 10.5 Å². The van der Waals surface area contributed by atoms with Crippen molar-refractivity contribution in [1.29, 1.82) is 0 Å². The first-order valence-corrected chi connectivity index (χ1v) is 5.94. The molecule has 0 fully saturated rings. The molecule has 1 nitrogen and oxygen atoms in total. The molecule has 0 aliphatic heterocycles. The van der Waals surface area contributed by atoms with Gasteiger partial charge in [-0.1, -0.05) is 54.3 Å². The van der Waals surface area contributed by atoms with Gasteiger partial charge in [-0.25, -0.2) is 0 Å². The van der Waals surface area contributed by atoms with E-state index in [1.807, 2.05) is 30.3 Å². The number of hydrogen-bond donors (Lipinski definition) is 1. The molecule has 0 spiro atoms. The third-order valence-corrected chi connectivity index (χ3v) is 3.31. The summed E-state index contributed by atoms with van der Waals surface area (Å²) in [5, 5.41) is 0.591. The van der Waals surface area contributed by atoms with Crippen LogP contribution in [0.15, 0.2) is 36.4 Å². The highest BCUT2D eigenvalue weighted by atomic mass is 35.5. The normalized spacial score (nSPS) is 10.5. The third kappa shape index (κ3) is 2.18. The number of halogens is 1. The van der Waals surface area contributed by atoms with Gasteiger partial charge in [0.1, 0.15) is 7.85 Å². The van der Waals surface area contributed by atoms with Gasteiger partial charge in [0.05, 0.1) is 0 Å². The maximum atomic E-state index is 6.24. The Morgan fingerprint density at radius 1 is 1.12 bits per heavy atom. The second-order valence-corrected chi connectivity index (χ2v) is 4.31. The summed E-state index contributed by atoms with van der Waals surface area (Å²) < 4.78 is 0. The molecule has 0 saturated carbocycles. The van der Waals surface area contributed by atoms with E-state index in [4.69, 9.17) is 25.2 Å². The average Bonchev–Trinajstić information content (AvgIpc) is 2.32. The van der Waals surface area contributed by atoms with Crippen molar-refractivity contribution in [2.75, 3.05) is 5.73 Å². The van der Waals surface area contributed by atoms with Crippen molar-refractivity contribution < 1.29 is 0 Å². The van der Waals surface area contributed by atoms with Crippen LogP contribution in [0.5, 0.6) is 0 Å². The van der Waals surface area contributed by atoms with Crippen LogP contribution in [0.1, 0.15) is 12.5 Å². The summed E-state index contributed by atoms with van der Waals surface area (Å²) >= 11 is 6.24. The maximum Gasteiger partial charge on any atom is 0.115 e. The Hall–Kier alpha value is -1.41. The Bertz CT molecular complexity index is 552. The van der Waals surface area contributed by atoms with Gasteiger partial charge in [-0.15, -0.1) is 0 Å². The molecular formula is C14H13BClN. The smallest absolute Gasteiger partial charge is 0.115 e. The van der Waals surface area contributed by atoms with Crippen molar-refractivity contribution in [2.45, 2.75) is 13.3 Å². The molecule has 3 heteroatoms. The second-order valence-electron chi connectivity index (χ2n) is 3.94. The molecule has 2 N–H and O–H groups in total. The van der Waals surface area contributed by atoms with Crippen molar-refractivity contribution >= 4 is 30.6 Å². The van der Waals surface area contributed by atoms with Gasteiger partial charge in [-0.3, -0.25) is 0 Å². The molecule has 0 bridgehead atoms. The van der Waals surface area contributed by atoms with E-state index < -0.39 is 0 Å². The lowest BCUT2D eigenvalue weighted by Crippen LogP contribution is -2.05. The molecule has 17 heavy (non-hydrogen) atoms. The van der Waals surface area contributed by atoms with Crippen molar-refractivity contribution in [3.63, 3.8) is 0 Å². The number of anilines is 1. The molecular weight excluding hydrogens is 228 g/mol. The predicted molar refractivity (Wildman–Crippen MR) is 76.1 cm³/mol. The Kier molecular flexibility index (Phi) is 3.44. The molecule has 0 heterocycles. The van der Waals surface area contributed by atoms with Crippen LogP contribution in [0, 0.1) is 0 Å². The van der Waals surface area contributed by atoms with Gasteiger partial charge in [0.25, 0.3) is 0 Å². The van der Waals surface area contributed by atoms with Crippen molar-refractivity contribution in [3.8, 4) is 11.1 Å². The van der Waals surface area contributed by atoms with Gasteiger partial charge in [0, 0.05) is 16.3 Å².